The molecule has 2 heterocycles. The highest BCUT2D eigenvalue weighted by Crippen LogP contribution is 2.19. The lowest BCUT2D eigenvalue weighted by atomic mass is 10.1. The zero-order chi connectivity index (χ0) is 13.9. The average Bonchev–Trinajstić information content (AvgIpc) is 2.79. The van der Waals surface area contributed by atoms with Gasteiger partial charge in [0.25, 0.3) is 5.91 Å². The minimum absolute atomic E-state index is 0.146. The first-order valence-corrected chi connectivity index (χ1v) is 7.34. The molecule has 1 N–H and O–H groups in total. The number of rotatable bonds is 2. The van der Waals surface area contributed by atoms with Gasteiger partial charge < -0.3 is 0 Å². The van der Waals surface area contributed by atoms with Gasteiger partial charge in [-0.2, -0.15) is 0 Å². The van der Waals surface area contributed by atoms with Crippen LogP contribution < -0.4 is 5.32 Å². The summed E-state index contributed by atoms with van der Waals surface area (Å²) in [6.07, 6.45) is 3.56. The minimum atomic E-state index is -0.146. The Bertz CT molecular complexity index is 737. The van der Waals surface area contributed by atoms with E-state index in [1.54, 1.807) is 12.3 Å². The third kappa shape index (κ3) is 2.58. The summed E-state index contributed by atoms with van der Waals surface area (Å²) in [5.41, 5.74) is 2.34. The molecule has 1 aromatic heterocycles. The van der Waals surface area contributed by atoms with Crippen molar-refractivity contribution in [1.29, 1.82) is 0 Å². The molecule has 100 valence electrons. The van der Waals surface area contributed by atoms with E-state index in [0.717, 1.165) is 22.2 Å². The predicted molar refractivity (Wildman–Crippen MR) is 83.4 cm³/mol. The number of fused-ring (bicyclic) bond motifs is 1. The van der Waals surface area contributed by atoms with Gasteiger partial charge in [-0.05, 0) is 35.6 Å². The van der Waals surface area contributed by atoms with Crippen molar-refractivity contribution in [2.75, 3.05) is 5.75 Å². The Morgan fingerprint density at radius 2 is 2.25 bits per heavy atom. The Morgan fingerprint density at radius 3 is 3.10 bits per heavy atom. The molecule has 5 heteroatoms. The SMILES string of the molecule is CCSC1=N/C(=C\c2ccc3ncccc3c2)C(=O)N1. The molecule has 0 atom stereocenters. The topological polar surface area (TPSA) is 54.4 Å². The number of amidine groups is 1. The molecule has 1 amide bonds. The molecule has 1 aromatic carbocycles. The van der Waals surface area contributed by atoms with Gasteiger partial charge in [0.2, 0.25) is 0 Å². The van der Waals surface area contributed by atoms with Crippen LogP contribution in [0.3, 0.4) is 0 Å². The van der Waals surface area contributed by atoms with E-state index in [1.807, 2.05) is 37.3 Å². The van der Waals surface area contributed by atoms with E-state index < -0.39 is 0 Å². The third-order valence-electron chi connectivity index (χ3n) is 2.89. The summed E-state index contributed by atoms with van der Waals surface area (Å²) in [7, 11) is 0. The maximum atomic E-state index is 11.8. The fourth-order valence-corrected chi connectivity index (χ4v) is 2.60. The quantitative estimate of drug-likeness (QED) is 0.862. The van der Waals surface area contributed by atoms with E-state index in [4.69, 9.17) is 0 Å². The van der Waals surface area contributed by atoms with Crippen LogP contribution in [0.4, 0.5) is 0 Å². The summed E-state index contributed by atoms with van der Waals surface area (Å²) in [5, 5.41) is 4.48. The molecule has 0 saturated heterocycles. The van der Waals surface area contributed by atoms with Gasteiger partial charge in [0, 0.05) is 11.6 Å². The van der Waals surface area contributed by atoms with Crippen LogP contribution in [0.15, 0.2) is 47.2 Å². The maximum absolute atomic E-state index is 11.8. The van der Waals surface area contributed by atoms with Gasteiger partial charge in [0.05, 0.1) is 5.52 Å². The molecule has 1 aliphatic rings. The zero-order valence-corrected chi connectivity index (χ0v) is 11.8. The number of nitrogens with zero attached hydrogens (tertiary/aromatic N) is 2. The Labute approximate surface area is 121 Å². The van der Waals surface area contributed by atoms with Crippen molar-refractivity contribution in [3.8, 4) is 0 Å². The van der Waals surface area contributed by atoms with Gasteiger partial charge in [-0.25, -0.2) is 4.99 Å². The van der Waals surface area contributed by atoms with Crippen LogP contribution in [0.25, 0.3) is 17.0 Å². The van der Waals surface area contributed by atoms with Crippen LogP contribution in [0, 0.1) is 0 Å². The lowest BCUT2D eigenvalue weighted by Crippen LogP contribution is -2.21. The monoisotopic (exact) mass is 283 g/mol. The van der Waals surface area contributed by atoms with Crippen LogP contribution in [-0.4, -0.2) is 21.8 Å². The van der Waals surface area contributed by atoms with Crippen LogP contribution >= 0.6 is 11.8 Å². The molecule has 4 nitrogen and oxygen atoms in total. The first-order chi connectivity index (χ1) is 9.76. The summed E-state index contributed by atoms with van der Waals surface area (Å²) >= 11 is 1.53. The van der Waals surface area contributed by atoms with E-state index in [-0.39, 0.29) is 5.91 Å². The number of benzene rings is 1. The number of aromatic nitrogens is 1. The Balaban J connectivity index is 1.95. The third-order valence-corrected chi connectivity index (χ3v) is 3.64. The first-order valence-electron chi connectivity index (χ1n) is 6.35. The van der Waals surface area contributed by atoms with Gasteiger partial charge in [-0.3, -0.25) is 15.1 Å². The fourth-order valence-electron chi connectivity index (χ4n) is 1.99. The molecule has 0 unspecified atom stereocenters. The van der Waals surface area contributed by atoms with Crippen LogP contribution in [-0.2, 0) is 4.79 Å². The average molecular weight is 283 g/mol. The van der Waals surface area contributed by atoms with Crippen LogP contribution in [0.5, 0.6) is 0 Å². The van der Waals surface area contributed by atoms with E-state index in [0.29, 0.717) is 10.9 Å². The fraction of sp³-hybridized carbons (Fsp3) is 0.133. The second-order valence-electron chi connectivity index (χ2n) is 4.29. The van der Waals surface area contributed by atoms with Crippen molar-refractivity contribution < 1.29 is 4.79 Å². The highest BCUT2D eigenvalue weighted by Gasteiger charge is 2.19. The second kappa shape index (κ2) is 5.46. The lowest BCUT2D eigenvalue weighted by molar-refractivity contribution is -0.115. The molecular weight excluding hydrogens is 270 g/mol. The second-order valence-corrected chi connectivity index (χ2v) is 5.54. The highest BCUT2D eigenvalue weighted by molar-refractivity contribution is 8.13. The smallest absolute Gasteiger partial charge is 0.275 e. The molecule has 2 aromatic rings. The molecule has 0 radical (unpaired) electrons. The van der Waals surface area contributed by atoms with Crippen molar-refractivity contribution in [3.05, 3.63) is 47.8 Å². The van der Waals surface area contributed by atoms with Crippen molar-refractivity contribution in [3.63, 3.8) is 0 Å². The number of thioether (sulfide) groups is 1. The number of aliphatic imine (C=N–C) groups is 1. The summed E-state index contributed by atoms with van der Waals surface area (Å²) in [6, 6.07) is 9.79. The number of hydrogen-bond acceptors (Lipinski definition) is 4. The number of pyridine rings is 1. The first kappa shape index (κ1) is 12.9. The number of amides is 1. The molecule has 1 aliphatic heterocycles. The maximum Gasteiger partial charge on any atom is 0.275 e. The largest absolute Gasteiger partial charge is 0.300 e. The standard InChI is InChI=1S/C15H13N3OS/c1-2-20-15-17-13(14(19)18-15)9-10-5-6-12-11(8-10)4-3-7-16-12/h3-9H,2H2,1H3,(H,17,18,19)/b13-9-. The zero-order valence-electron chi connectivity index (χ0n) is 11.0. The molecular formula is C15H13N3OS. The Kier molecular flexibility index (Phi) is 3.52. The van der Waals surface area contributed by atoms with Crippen molar-refractivity contribution in [2.24, 2.45) is 4.99 Å². The lowest BCUT2D eigenvalue weighted by Gasteiger charge is -1.98. The summed E-state index contributed by atoms with van der Waals surface area (Å²) < 4.78 is 0. The predicted octanol–water partition coefficient (Wildman–Crippen LogP) is 2.81. The highest BCUT2D eigenvalue weighted by atomic mass is 32.2. The summed E-state index contributed by atoms with van der Waals surface area (Å²) in [6.45, 7) is 2.03. The Morgan fingerprint density at radius 1 is 1.35 bits per heavy atom. The number of nitrogens with one attached hydrogen (secondary N) is 1. The van der Waals surface area contributed by atoms with Gasteiger partial charge in [0.1, 0.15) is 5.70 Å². The van der Waals surface area contributed by atoms with Gasteiger partial charge in [-0.15, -0.1) is 0 Å². The van der Waals surface area contributed by atoms with Crippen molar-refractivity contribution >= 4 is 39.8 Å². The van der Waals surface area contributed by atoms with E-state index >= 15 is 0 Å². The molecule has 0 bridgehead atoms. The Hall–Kier alpha value is -2.14. The van der Waals surface area contributed by atoms with E-state index in [1.165, 1.54) is 11.8 Å². The van der Waals surface area contributed by atoms with Gasteiger partial charge in [-0.1, -0.05) is 30.8 Å². The summed E-state index contributed by atoms with van der Waals surface area (Å²) in [4.78, 5) is 20.4. The molecule has 0 saturated carbocycles. The number of carbonyl (C=O) groups is 1. The van der Waals surface area contributed by atoms with Crippen LogP contribution in [0.1, 0.15) is 12.5 Å². The number of hydrogen-bond donors (Lipinski definition) is 1. The van der Waals surface area contributed by atoms with Gasteiger partial charge >= 0.3 is 0 Å². The summed E-state index contributed by atoms with van der Waals surface area (Å²) in [5.74, 6) is 0.737. The number of carbonyl (C=O) groups excluding carboxylic acids is 1. The molecule has 0 aliphatic carbocycles. The van der Waals surface area contributed by atoms with Crippen molar-refractivity contribution in [2.45, 2.75) is 6.92 Å². The van der Waals surface area contributed by atoms with E-state index in [9.17, 15) is 4.79 Å². The molecule has 20 heavy (non-hydrogen) atoms. The van der Waals surface area contributed by atoms with Crippen molar-refractivity contribution in [1.82, 2.24) is 10.3 Å². The molecule has 0 spiro atoms. The van der Waals surface area contributed by atoms with Crippen LogP contribution in [0.2, 0.25) is 0 Å². The van der Waals surface area contributed by atoms with Gasteiger partial charge in [0.15, 0.2) is 5.17 Å². The minimum Gasteiger partial charge on any atom is -0.300 e. The normalized spacial score (nSPS) is 16.6. The van der Waals surface area contributed by atoms with E-state index in [2.05, 4.69) is 15.3 Å². The molecule has 0 fully saturated rings. The molecule has 3 rings (SSSR count).